The van der Waals surface area contributed by atoms with Gasteiger partial charge in [-0.3, -0.25) is 9.59 Å². The van der Waals surface area contributed by atoms with E-state index in [9.17, 15) is 18.0 Å². The number of nitrogens with one attached hydrogen (secondary N) is 2. The second-order valence-electron chi connectivity index (χ2n) is 6.16. The molecule has 2 rings (SSSR count). The Bertz CT molecular complexity index is 972. The molecule has 156 valence electrons. The maximum absolute atomic E-state index is 12.6. The van der Waals surface area contributed by atoms with E-state index in [-0.39, 0.29) is 17.4 Å². The summed E-state index contributed by atoms with van der Waals surface area (Å²) in [5.41, 5.74) is 0.920. The van der Waals surface area contributed by atoms with E-state index < -0.39 is 15.9 Å². The number of carbonyl (C=O) groups is 2. The maximum atomic E-state index is 12.6. The summed E-state index contributed by atoms with van der Waals surface area (Å²) in [4.78, 5) is 23.4. The number of carbonyl (C=O) groups excluding carboxylic acids is 2. The van der Waals surface area contributed by atoms with Gasteiger partial charge in [0.25, 0.3) is 5.91 Å². The smallest absolute Gasteiger partial charge is 0.262 e. The summed E-state index contributed by atoms with van der Waals surface area (Å²) >= 11 is 0. The number of benzene rings is 2. The van der Waals surface area contributed by atoms with E-state index in [1.807, 2.05) is 0 Å². The van der Waals surface area contributed by atoms with E-state index >= 15 is 0 Å². The second kappa shape index (κ2) is 10.0. The highest BCUT2D eigenvalue weighted by atomic mass is 32.2. The average molecular weight is 420 g/mol. The third kappa shape index (κ3) is 6.30. The van der Waals surface area contributed by atoms with Crippen LogP contribution in [0.2, 0.25) is 0 Å². The third-order valence-corrected chi connectivity index (χ3v) is 6.03. The van der Waals surface area contributed by atoms with E-state index in [0.29, 0.717) is 30.2 Å². The van der Waals surface area contributed by atoms with E-state index in [1.165, 1.54) is 23.4 Å². The SMILES string of the molecule is CCN(CC)S(=O)(=O)c1cccc(NC(=O)COc2cccc(NC(C)=O)c2)c1. The van der Waals surface area contributed by atoms with Gasteiger partial charge in [0.1, 0.15) is 5.75 Å². The second-order valence-corrected chi connectivity index (χ2v) is 8.10. The molecule has 0 saturated heterocycles. The van der Waals surface area contributed by atoms with Gasteiger partial charge in [-0.15, -0.1) is 0 Å². The van der Waals surface area contributed by atoms with Crippen molar-refractivity contribution in [1.29, 1.82) is 0 Å². The minimum absolute atomic E-state index is 0.114. The Kier molecular flexibility index (Phi) is 7.74. The number of hydrogen-bond acceptors (Lipinski definition) is 5. The van der Waals surface area contributed by atoms with Gasteiger partial charge in [0, 0.05) is 37.5 Å². The molecule has 0 aliphatic heterocycles. The standard InChI is InChI=1S/C20H25N3O5S/c1-4-23(5-2)29(26,27)19-11-7-9-17(13-19)22-20(25)14-28-18-10-6-8-16(12-18)21-15(3)24/h6-13H,4-5,14H2,1-3H3,(H,21,24)(H,22,25). The molecule has 0 bridgehead atoms. The van der Waals surface area contributed by atoms with Gasteiger partial charge in [-0.05, 0) is 30.3 Å². The van der Waals surface area contributed by atoms with Crippen LogP contribution in [0.3, 0.4) is 0 Å². The molecule has 0 fully saturated rings. The van der Waals surface area contributed by atoms with Crippen LogP contribution in [0.1, 0.15) is 20.8 Å². The van der Waals surface area contributed by atoms with Crippen LogP contribution in [0.25, 0.3) is 0 Å². The van der Waals surface area contributed by atoms with Gasteiger partial charge in [0.2, 0.25) is 15.9 Å². The van der Waals surface area contributed by atoms with Crippen molar-refractivity contribution in [3.05, 3.63) is 48.5 Å². The highest BCUT2D eigenvalue weighted by molar-refractivity contribution is 7.89. The molecule has 0 atom stereocenters. The third-order valence-electron chi connectivity index (χ3n) is 3.99. The van der Waals surface area contributed by atoms with Crippen LogP contribution in [0.5, 0.6) is 5.75 Å². The molecule has 0 aliphatic carbocycles. The Morgan fingerprint density at radius 1 is 0.966 bits per heavy atom. The lowest BCUT2D eigenvalue weighted by atomic mass is 10.3. The Hall–Kier alpha value is -2.91. The van der Waals surface area contributed by atoms with Crippen LogP contribution in [0, 0.1) is 0 Å². The molecule has 0 heterocycles. The van der Waals surface area contributed by atoms with Crippen molar-refractivity contribution in [1.82, 2.24) is 4.31 Å². The number of amides is 2. The zero-order chi connectivity index (χ0) is 21.4. The minimum atomic E-state index is -3.61. The lowest BCUT2D eigenvalue weighted by molar-refractivity contribution is -0.118. The number of anilines is 2. The van der Waals surface area contributed by atoms with Crippen LogP contribution >= 0.6 is 0 Å². The van der Waals surface area contributed by atoms with Crippen molar-refractivity contribution in [3.8, 4) is 5.75 Å². The van der Waals surface area contributed by atoms with Crippen molar-refractivity contribution in [2.45, 2.75) is 25.7 Å². The molecule has 2 amide bonds. The van der Waals surface area contributed by atoms with Crippen LogP contribution in [0.4, 0.5) is 11.4 Å². The molecule has 0 spiro atoms. The van der Waals surface area contributed by atoms with E-state index in [2.05, 4.69) is 10.6 Å². The molecule has 0 unspecified atom stereocenters. The molecular formula is C20H25N3O5S. The van der Waals surface area contributed by atoms with Gasteiger partial charge >= 0.3 is 0 Å². The first-order valence-corrected chi connectivity index (χ1v) is 10.6. The van der Waals surface area contributed by atoms with Gasteiger partial charge in [0.05, 0.1) is 4.90 Å². The molecule has 0 aromatic heterocycles. The summed E-state index contributed by atoms with van der Waals surface area (Å²) in [7, 11) is -3.61. The molecule has 0 saturated carbocycles. The van der Waals surface area contributed by atoms with E-state index in [4.69, 9.17) is 4.74 Å². The zero-order valence-corrected chi connectivity index (χ0v) is 17.5. The topological polar surface area (TPSA) is 105 Å². The fraction of sp³-hybridized carbons (Fsp3) is 0.300. The zero-order valence-electron chi connectivity index (χ0n) is 16.6. The number of ether oxygens (including phenoxy) is 1. The molecule has 8 nitrogen and oxygen atoms in total. The molecule has 29 heavy (non-hydrogen) atoms. The fourth-order valence-corrected chi connectivity index (χ4v) is 4.16. The summed E-state index contributed by atoms with van der Waals surface area (Å²) in [5.74, 6) is -0.226. The van der Waals surface area contributed by atoms with Crippen LogP contribution in [-0.2, 0) is 19.6 Å². The average Bonchev–Trinajstić information content (AvgIpc) is 2.67. The predicted octanol–water partition coefficient (Wildman–Crippen LogP) is 2.69. The monoisotopic (exact) mass is 419 g/mol. The molecule has 2 N–H and O–H groups in total. The first-order chi connectivity index (χ1) is 13.8. The Labute approximate surface area is 170 Å². The predicted molar refractivity (Wildman–Crippen MR) is 111 cm³/mol. The van der Waals surface area contributed by atoms with Gasteiger partial charge in [-0.1, -0.05) is 26.0 Å². The molecule has 9 heteroatoms. The van der Waals surface area contributed by atoms with Gasteiger partial charge in [-0.2, -0.15) is 4.31 Å². The first-order valence-electron chi connectivity index (χ1n) is 9.16. The van der Waals surface area contributed by atoms with Crippen molar-refractivity contribution >= 4 is 33.2 Å². The number of sulfonamides is 1. The summed E-state index contributed by atoms with van der Waals surface area (Å²) in [6.07, 6.45) is 0. The largest absolute Gasteiger partial charge is 0.484 e. The van der Waals surface area contributed by atoms with Crippen molar-refractivity contribution in [2.75, 3.05) is 30.3 Å². The molecule has 0 radical (unpaired) electrons. The Balaban J connectivity index is 2.02. The molecule has 0 aliphatic rings. The highest BCUT2D eigenvalue weighted by Gasteiger charge is 2.21. The van der Waals surface area contributed by atoms with Crippen LogP contribution in [0.15, 0.2) is 53.4 Å². The van der Waals surface area contributed by atoms with Crippen molar-refractivity contribution < 1.29 is 22.7 Å². The highest BCUT2D eigenvalue weighted by Crippen LogP contribution is 2.20. The number of nitrogens with zero attached hydrogens (tertiary/aromatic N) is 1. The summed E-state index contributed by atoms with van der Waals surface area (Å²) in [6, 6.07) is 12.8. The van der Waals surface area contributed by atoms with Crippen LogP contribution in [-0.4, -0.2) is 44.2 Å². The first kappa shape index (κ1) is 22.4. The summed E-state index contributed by atoms with van der Waals surface area (Å²) in [6.45, 7) is 5.39. The number of rotatable bonds is 9. The molecule has 2 aromatic carbocycles. The van der Waals surface area contributed by atoms with E-state index in [0.717, 1.165) is 0 Å². The summed E-state index contributed by atoms with van der Waals surface area (Å²) in [5, 5.41) is 5.26. The maximum Gasteiger partial charge on any atom is 0.262 e. The Morgan fingerprint density at radius 2 is 1.59 bits per heavy atom. The Morgan fingerprint density at radius 3 is 2.21 bits per heavy atom. The van der Waals surface area contributed by atoms with Crippen LogP contribution < -0.4 is 15.4 Å². The van der Waals surface area contributed by atoms with Crippen molar-refractivity contribution in [3.63, 3.8) is 0 Å². The molecular weight excluding hydrogens is 394 g/mol. The minimum Gasteiger partial charge on any atom is -0.484 e. The summed E-state index contributed by atoms with van der Waals surface area (Å²) < 4.78 is 32.0. The van der Waals surface area contributed by atoms with E-state index in [1.54, 1.807) is 50.2 Å². The fourth-order valence-electron chi connectivity index (χ4n) is 2.66. The van der Waals surface area contributed by atoms with Gasteiger partial charge < -0.3 is 15.4 Å². The van der Waals surface area contributed by atoms with Crippen molar-refractivity contribution in [2.24, 2.45) is 0 Å². The normalized spacial score (nSPS) is 11.2. The lowest BCUT2D eigenvalue weighted by Crippen LogP contribution is -2.30. The quantitative estimate of drug-likeness (QED) is 0.650. The van der Waals surface area contributed by atoms with Gasteiger partial charge in [-0.25, -0.2) is 8.42 Å². The number of hydrogen-bond donors (Lipinski definition) is 2. The van der Waals surface area contributed by atoms with Gasteiger partial charge in [0.15, 0.2) is 6.61 Å². The molecule has 2 aromatic rings. The lowest BCUT2D eigenvalue weighted by Gasteiger charge is -2.18.